The minimum absolute atomic E-state index is 0.0298. The average Bonchev–Trinajstić information content (AvgIpc) is 3.43. The number of nitrogens with zero attached hydrogens (tertiary/aromatic N) is 5. The van der Waals surface area contributed by atoms with Crippen LogP contribution in [-0.4, -0.2) is 56.7 Å². The predicted molar refractivity (Wildman–Crippen MR) is 114 cm³/mol. The standard InChI is InChI=1S/C22H24N6O3/c1-14-16(21(29)26-17-6-4-5-7-19(17)31-3)12-23-20(25-14)15-9-11-28(13-15)22(30)18-8-10-24-27(18)2/h4-8,10,12,15H,9,11,13H2,1-3H3,(H,26,29). The summed E-state index contributed by atoms with van der Waals surface area (Å²) in [7, 11) is 3.31. The smallest absolute Gasteiger partial charge is 0.272 e. The highest BCUT2D eigenvalue weighted by Crippen LogP contribution is 2.27. The third kappa shape index (κ3) is 4.11. The molecule has 0 radical (unpaired) electrons. The van der Waals surface area contributed by atoms with Crippen LogP contribution in [0.2, 0.25) is 0 Å². The molecule has 9 nitrogen and oxygen atoms in total. The Bertz CT molecular complexity index is 1130. The molecular formula is C22H24N6O3. The van der Waals surface area contributed by atoms with E-state index < -0.39 is 0 Å². The van der Waals surface area contributed by atoms with Gasteiger partial charge in [-0.15, -0.1) is 0 Å². The Labute approximate surface area is 180 Å². The van der Waals surface area contributed by atoms with Crippen LogP contribution in [0.5, 0.6) is 5.75 Å². The number of hydrogen-bond donors (Lipinski definition) is 1. The first-order valence-corrected chi connectivity index (χ1v) is 10.0. The topological polar surface area (TPSA) is 102 Å². The lowest BCUT2D eigenvalue weighted by Crippen LogP contribution is -2.30. The number of benzene rings is 1. The van der Waals surface area contributed by atoms with E-state index in [0.717, 1.165) is 6.42 Å². The summed E-state index contributed by atoms with van der Waals surface area (Å²) in [5, 5.41) is 6.91. The van der Waals surface area contributed by atoms with E-state index in [2.05, 4.69) is 20.4 Å². The largest absolute Gasteiger partial charge is 0.495 e. The molecule has 3 heterocycles. The molecule has 1 aliphatic rings. The lowest BCUT2D eigenvalue weighted by atomic mass is 10.1. The number of methoxy groups -OCH3 is 1. The number of nitrogens with one attached hydrogen (secondary N) is 1. The number of hydrogen-bond acceptors (Lipinski definition) is 6. The molecule has 1 saturated heterocycles. The first-order valence-electron chi connectivity index (χ1n) is 10.0. The molecule has 3 aromatic rings. The minimum atomic E-state index is -0.298. The zero-order chi connectivity index (χ0) is 22.0. The van der Waals surface area contributed by atoms with E-state index in [1.807, 2.05) is 12.1 Å². The molecule has 1 aromatic carbocycles. The Balaban J connectivity index is 1.46. The Kier molecular flexibility index (Phi) is 5.66. The Morgan fingerprint density at radius 3 is 2.74 bits per heavy atom. The zero-order valence-corrected chi connectivity index (χ0v) is 17.7. The van der Waals surface area contributed by atoms with Crippen molar-refractivity contribution < 1.29 is 14.3 Å². The number of aryl methyl sites for hydroxylation is 2. The molecule has 1 N–H and O–H groups in total. The maximum Gasteiger partial charge on any atom is 0.272 e. The molecule has 2 aromatic heterocycles. The number of carbonyl (C=O) groups is 2. The number of aromatic nitrogens is 4. The highest BCUT2D eigenvalue weighted by atomic mass is 16.5. The van der Waals surface area contributed by atoms with Crippen LogP contribution < -0.4 is 10.1 Å². The van der Waals surface area contributed by atoms with Crippen molar-refractivity contribution in [3.8, 4) is 5.75 Å². The monoisotopic (exact) mass is 420 g/mol. The van der Waals surface area contributed by atoms with Crippen molar-refractivity contribution in [1.29, 1.82) is 0 Å². The summed E-state index contributed by atoms with van der Waals surface area (Å²) in [5.74, 6) is 0.907. The number of likely N-dealkylation sites (tertiary alicyclic amines) is 1. The molecule has 1 fully saturated rings. The highest BCUT2D eigenvalue weighted by Gasteiger charge is 2.31. The summed E-state index contributed by atoms with van der Waals surface area (Å²) in [6.45, 7) is 2.96. The lowest BCUT2D eigenvalue weighted by Gasteiger charge is -2.16. The fourth-order valence-electron chi connectivity index (χ4n) is 3.74. The highest BCUT2D eigenvalue weighted by molar-refractivity contribution is 6.05. The van der Waals surface area contributed by atoms with Gasteiger partial charge in [0.2, 0.25) is 0 Å². The van der Waals surface area contributed by atoms with Gasteiger partial charge in [-0.3, -0.25) is 14.3 Å². The van der Waals surface area contributed by atoms with Crippen molar-refractivity contribution in [3.63, 3.8) is 0 Å². The van der Waals surface area contributed by atoms with Crippen molar-refractivity contribution in [2.24, 2.45) is 7.05 Å². The van der Waals surface area contributed by atoms with Crippen LogP contribution in [0.25, 0.3) is 0 Å². The molecule has 4 rings (SSSR count). The molecule has 9 heteroatoms. The average molecular weight is 420 g/mol. The van der Waals surface area contributed by atoms with Crippen LogP contribution in [0.1, 0.15) is 44.7 Å². The van der Waals surface area contributed by atoms with Gasteiger partial charge in [-0.25, -0.2) is 9.97 Å². The third-order valence-corrected chi connectivity index (χ3v) is 5.48. The van der Waals surface area contributed by atoms with Gasteiger partial charge in [0.25, 0.3) is 11.8 Å². The van der Waals surface area contributed by atoms with Gasteiger partial charge in [-0.2, -0.15) is 5.10 Å². The minimum Gasteiger partial charge on any atom is -0.495 e. The van der Waals surface area contributed by atoms with E-state index in [-0.39, 0.29) is 17.7 Å². The number of anilines is 1. The number of ether oxygens (including phenoxy) is 1. The fraction of sp³-hybridized carbons (Fsp3) is 0.318. The summed E-state index contributed by atoms with van der Waals surface area (Å²) >= 11 is 0. The predicted octanol–water partition coefficient (Wildman–Crippen LogP) is 2.41. The quantitative estimate of drug-likeness (QED) is 0.680. The van der Waals surface area contributed by atoms with Crippen LogP contribution in [0.15, 0.2) is 42.7 Å². The lowest BCUT2D eigenvalue weighted by molar-refractivity contribution is 0.0779. The maximum absolute atomic E-state index is 12.7. The van der Waals surface area contributed by atoms with Crippen molar-refractivity contribution in [3.05, 3.63) is 65.5 Å². The molecule has 1 unspecified atom stereocenters. The van der Waals surface area contributed by atoms with Crippen LogP contribution in [0.4, 0.5) is 5.69 Å². The Morgan fingerprint density at radius 2 is 2.03 bits per heavy atom. The third-order valence-electron chi connectivity index (χ3n) is 5.48. The summed E-state index contributed by atoms with van der Waals surface area (Å²) in [6, 6.07) is 8.92. The van der Waals surface area contributed by atoms with Gasteiger partial charge in [0.1, 0.15) is 17.3 Å². The maximum atomic E-state index is 12.7. The summed E-state index contributed by atoms with van der Waals surface area (Å²) in [5.41, 5.74) is 2.13. The van der Waals surface area contributed by atoms with Gasteiger partial charge in [-0.05, 0) is 31.5 Å². The summed E-state index contributed by atoms with van der Waals surface area (Å²) in [4.78, 5) is 36.2. The van der Waals surface area contributed by atoms with Crippen LogP contribution >= 0.6 is 0 Å². The van der Waals surface area contributed by atoms with Crippen LogP contribution in [0, 0.1) is 6.92 Å². The van der Waals surface area contributed by atoms with Gasteiger partial charge in [0.05, 0.1) is 24.1 Å². The van der Waals surface area contributed by atoms with E-state index in [1.165, 1.54) is 0 Å². The molecule has 160 valence electrons. The van der Waals surface area contributed by atoms with Crippen LogP contribution in [0.3, 0.4) is 0 Å². The van der Waals surface area contributed by atoms with Crippen molar-refractivity contribution in [2.45, 2.75) is 19.3 Å². The molecule has 0 aliphatic carbocycles. The second kappa shape index (κ2) is 8.55. The first kappa shape index (κ1) is 20.5. The molecule has 1 aliphatic heterocycles. The normalized spacial score (nSPS) is 15.7. The zero-order valence-electron chi connectivity index (χ0n) is 17.7. The van der Waals surface area contributed by atoms with E-state index in [4.69, 9.17) is 4.74 Å². The fourth-order valence-corrected chi connectivity index (χ4v) is 3.74. The second-order valence-corrected chi connectivity index (χ2v) is 7.46. The van der Waals surface area contributed by atoms with Gasteiger partial charge < -0.3 is 15.0 Å². The van der Waals surface area contributed by atoms with E-state index in [9.17, 15) is 9.59 Å². The van der Waals surface area contributed by atoms with E-state index in [0.29, 0.717) is 47.3 Å². The summed E-state index contributed by atoms with van der Waals surface area (Å²) in [6.07, 6.45) is 3.94. The molecule has 31 heavy (non-hydrogen) atoms. The van der Waals surface area contributed by atoms with Gasteiger partial charge in [-0.1, -0.05) is 12.1 Å². The molecule has 0 saturated carbocycles. The first-order chi connectivity index (χ1) is 15.0. The van der Waals surface area contributed by atoms with Crippen molar-refractivity contribution in [1.82, 2.24) is 24.6 Å². The van der Waals surface area contributed by atoms with E-state index in [1.54, 1.807) is 61.3 Å². The van der Waals surface area contributed by atoms with Gasteiger partial charge in [0, 0.05) is 38.4 Å². The second-order valence-electron chi connectivity index (χ2n) is 7.46. The van der Waals surface area contributed by atoms with Crippen molar-refractivity contribution in [2.75, 3.05) is 25.5 Å². The Morgan fingerprint density at radius 1 is 1.23 bits per heavy atom. The number of para-hydroxylation sites is 2. The van der Waals surface area contributed by atoms with Crippen molar-refractivity contribution >= 4 is 17.5 Å². The molecule has 2 amide bonds. The number of amides is 2. The van der Waals surface area contributed by atoms with E-state index >= 15 is 0 Å². The summed E-state index contributed by atoms with van der Waals surface area (Å²) < 4.78 is 6.85. The molecular weight excluding hydrogens is 396 g/mol. The van der Waals surface area contributed by atoms with Gasteiger partial charge >= 0.3 is 0 Å². The van der Waals surface area contributed by atoms with Crippen LogP contribution in [-0.2, 0) is 7.05 Å². The molecule has 0 spiro atoms. The molecule has 0 bridgehead atoms. The molecule has 1 atom stereocenters. The Hall–Kier alpha value is -3.75. The number of rotatable bonds is 5. The van der Waals surface area contributed by atoms with Gasteiger partial charge in [0.15, 0.2) is 0 Å². The number of carbonyl (C=O) groups excluding carboxylic acids is 2. The SMILES string of the molecule is COc1ccccc1NC(=O)c1cnc(C2CCN(C(=O)c3ccnn3C)C2)nc1C.